The number of halogens is 1. The van der Waals surface area contributed by atoms with Gasteiger partial charge in [0.2, 0.25) is 0 Å². The van der Waals surface area contributed by atoms with Gasteiger partial charge in [0.05, 0.1) is 21.4 Å². The monoisotopic (exact) mass is 270 g/mol. The fourth-order valence-corrected chi connectivity index (χ4v) is 2.83. The van der Waals surface area contributed by atoms with Gasteiger partial charge in [-0.3, -0.25) is 8.89 Å². The topological polar surface area (TPSA) is 73.8 Å². The lowest BCUT2D eigenvalue weighted by atomic mass is 10.3. The van der Waals surface area contributed by atoms with Gasteiger partial charge in [-0.15, -0.1) is 0 Å². The average molecular weight is 271 g/mol. The fraction of sp³-hybridized carbons (Fsp3) is 0.200. The van der Waals surface area contributed by atoms with Gasteiger partial charge in [0.25, 0.3) is 0 Å². The molecule has 1 aromatic carbocycles. The molecule has 0 saturated carbocycles. The molecule has 0 amide bonds. The molecule has 0 aliphatic carbocycles. The van der Waals surface area contributed by atoms with E-state index in [-0.39, 0.29) is 5.75 Å². The molecule has 90 valence electrons. The van der Waals surface area contributed by atoms with Gasteiger partial charge in [-0.05, 0) is 18.2 Å². The van der Waals surface area contributed by atoms with Crippen molar-refractivity contribution in [3.05, 3.63) is 35.4 Å². The third-order valence-corrected chi connectivity index (χ3v) is 3.89. The van der Waals surface area contributed by atoms with Gasteiger partial charge in [0.15, 0.2) is 0 Å². The van der Waals surface area contributed by atoms with Crippen LogP contribution in [0.4, 0.5) is 5.69 Å². The molecule has 0 fully saturated rings. The van der Waals surface area contributed by atoms with Crippen molar-refractivity contribution in [1.82, 2.24) is 14.8 Å². The molecule has 0 saturated heterocycles. The maximum Gasteiger partial charge on any atom is 0.139 e. The van der Waals surface area contributed by atoms with Crippen LogP contribution >= 0.6 is 11.6 Å². The molecule has 1 aromatic heterocycles. The summed E-state index contributed by atoms with van der Waals surface area (Å²) >= 11 is 5.85. The Bertz CT molecular complexity index is 569. The van der Waals surface area contributed by atoms with E-state index in [0.717, 1.165) is 0 Å². The van der Waals surface area contributed by atoms with Crippen LogP contribution in [0.5, 0.6) is 0 Å². The summed E-state index contributed by atoms with van der Waals surface area (Å²) < 4.78 is 13.7. The predicted molar refractivity (Wildman–Crippen MR) is 67.0 cm³/mol. The highest BCUT2D eigenvalue weighted by Crippen LogP contribution is 2.22. The number of nitrogen functional groups attached to an aromatic ring is 1. The van der Waals surface area contributed by atoms with E-state index in [1.165, 1.54) is 6.33 Å². The molecule has 0 bridgehead atoms. The number of nitrogens with zero attached hydrogens (tertiary/aromatic N) is 3. The standard InChI is InChI=1S/C10H11ClN4OS/c1-15-10(13-6-14-15)5-17(16)9-4-7(11)2-3-8(9)12/h2-4,6H,5,12H2,1H3. The highest BCUT2D eigenvalue weighted by atomic mass is 35.5. The lowest BCUT2D eigenvalue weighted by molar-refractivity contribution is 0.675. The zero-order chi connectivity index (χ0) is 12.4. The Morgan fingerprint density at radius 1 is 1.53 bits per heavy atom. The number of hydrogen-bond donors (Lipinski definition) is 1. The number of nitrogens with two attached hydrogens (primary N) is 1. The van der Waals surface area contributed by atoms with Gasteiger partial charge >= 0.3 is 0 Å². The molecule has 1 heterocycles. The zero-order valence-electron chi connectivity index (χ0n) is 9.13. The Morgan fingerprint density at radius 2 is 2.29 bits per heavy atom. The van der Waals surface area contributed by atoms with Crippen LogP contribution in [-0.4, -0.2) is 19.0 Å². The van der Waals surface area contributed by atoms with E-state index in [2.05, 4.69) is 10.1 Å². The van der Waals surface area contributed by atoms with E-state index in [1.54, 1.807) is 29.9 Å². The van der Waals surface area contributed by atoms with Gasteiger partial charge in [0.1, 0.15) is 12.2 Å². The van der Waals surface area contributed by atoms with Crippen LogP contribution in [0, 0.1) is 0 Å². The van der Waals surface area contributed by atoms with Crippen LogP contribution in [0.2, 0.25) is 5.02 Å². The second kappa shape index (κ2) is 4.85. The van der Waals surface area contributed by atoms with Gasteiger partial charge in [0, 0.05) is 17.8 Å². The van der Waals surface area contributed by atoms with Crippen molar-refractivity contribution in [2.45, 2.75) is 10.6 Å². The molecule has 0 aliphatic heterocycles. The quantitative estimate of drug-likeness (QED) is 0.855. The smallest absolute Gasteiger partial charge is 0.139 e. The maximum atomic E-state index is 12.1. The molecule has 7 heteroatoms. The van der Waals surface area contributed by atoms with E-state index in [0.29, 0.717) is 21.4 Å². The van der Waals surface area contributed by atoms with E-state index in [9.17, 15) is 4.21 Å². The molecule has 2 N–H and O–H groups in total. The summed E-state index contributed by atoms with van der Waals surface area (Å²) in [7, 11) is 0.473. The van der Waals surface area contributed by atoms with Gasteiger partial charge in [-0.2, -0.15) is 5.10 Å². The minimum absolute atomic E-state index is 0.265. The van der Waals surface area contributed by atoms with Crippen molar-refractivity contribution >= 4 is 28.1 Å². The molecule has 5 nitrogen and oxygen atoms in total. The number of benzene rings is 1. The summed E-state index contributed by atoms with van der Waals surface area (Å²) in [6.07, 6.45) is 1.42. The Hall–Kier alpha value is -1.40. The Labute approximate surface area is 106 Å². The van der Waals surface area contributed by atoms with Crippen LogP contribution in [0.3, 0.4) is 0 Å². The summed E-state index contributed by atoms with van der Waals surface area (Å²) in [5.74, 6) is 0.906. The van der Waals surface area contributed by atoms with E-state index in [4.69, 9.17) is 17.3 Å². The summed E-state index contributed by atoms with van der Waals surface area (Å²) in [6.45, 7) is 0. The van der Waals surface area contributed by atoms with Crippen molar-refractivity contribution in [2.24, 2.45) is 7.05 Å². The van der Waals surface area contributed by atoms with Crippen molar-refractivity contribution in [3.8, 4) is 0 Å². The number of rotatable bonds is 3. The van der Waals surface area contributed by atoms with Gasteiger partial charge < -0.3 is 5.73 Å². The van der Waals surface area contributed by atoms with Crippen LogP contribution in [0.25, 0.3) is 0 Å². The number of hydrogen-bond acceptors (Lipinski definition) is 4. The highest BCUT2D eigenvalue weighted by Gasteiger charge is 2.12. The van der Waals surface area contributed by atoms with E-state index in [1.807, 2.05) is 0 Å². The first-order valence-corrected chi connectivity index (χ1v) is 6.54. The lowest BCUT2D eigenvalue weighted by Crippen LogP contribution is -2.06. The predicted octanol–water partition coefficient (Wildman–Crippen LogP) is 1.36. The molecule has 17 heavy (non-hydrogen) atoms. The molecule has 0 aliphatic rings. The second-order valence-electron chi connectivity index (χ2n) is 3.47. The molecule has 1 atom stereocenters. The largest absolute Gasteiger partial charge is 0.398 e. The summed E-state index contributed by atoms with van der Waals surface area (Å²) in [5.41, 5.74) is 6.23. The average Bonchev–Trinajstić information content (AvgIpc) is 2.68. The normalized spacial score (nSPS) is 12.6. The van der Waals surface area contributed by atoms with Crippen molar-refractivity contribution in [3.63, 3.8) is 0 Å². The van der Waals surface area contributed by atoms with Crippen molar-refractivity contribution in [1.29, 1.82) is 0 Å². The third-order valence-electron chi connectivity index (χ3n) is 2.29. The minimum Gasteiger partial charge on any atom is -0.398 e. The first-order valence-electron chi connectivity index (χ1n) is 4.84. The van der Waals surface area contributed by atoms with Crippen LogP contribution in [-0.2, 0) is 23.6 Å². The number of aromatic nitrogens is 3. The molecule has 0 spiro atoms. The van der Waals surface area contributed by atoms with Crippen molar-refractivity contribution in [2.75, 3.05) is 5.73 Å². The third kappa shape index (κ3) is 2.65. The summed E-state index contributed by atoms with van der Waals surface area (Å²) in [6, 6.07) is 4.93. The summed E-state index contributed by atoms with van der Waals surface area (Å²) in [5, 5.41) is 4.43. The van der Waals surface area contributed by atoms with Crippen LogP contribution < -0.4 is 5.73 Å². The Morgan fingerprint density at radius 3 is 2.94 bits per heavy atom. The summed E-state index contributed by atoms with van der Waals surface area (Å²) in [4.78, 5) is 4.55. The molecule has 2 aromatic rings. The zero-order valence-corrected chi connectivity index (χ0v) is 10.7. The minimum atomic E-state index is -1.28. The number of aryl methyl sites for hydroxylation is 1. The molecule has 0 radical (unpaired) electrons. The van der Waals surface area contributed by atoms with E-state index >= 15 is 0 Å². The first-order chi connectivity index (χ1) is 8.08. The van der Waals surface area contributed by atoms with Gasteiger partial charge in [-0.25, -0.2) is 4.98 Å². The fourth-order valence-electron chi connectivity index (χ4n) is 1.35. The second-order valence-corrected chi connectivity index (χ2v) is 5.33. The SMILES string of the molecule is Cn1ncnc1CS(=O)c1cc(Cl)ccc1N. The van der Waals surface area contributed by atoms with Crippen molar-refractivity contribution < 1.29 is 4.21 Å². The van der Waals surface area contributed by atoms with E-state index < -0.39 is 10.8 Å². The van der Waals surface area contributed by atoms with Crippen LogP contribution in [0.1, 0.15) is 5.82 Å². The highest BCUT2D eigenvalue weighted by molar-refractivity contribution is 7.84. The Kier molecular flexibility index (Phi) is 3.44. The Balaban J connectivity index is 2.26. The lowest BCUT2D eigenvalue weighted by Gasteiger charge is -2.05. The molecular formula is C10H11ClN4OS. The molecular weight excluding hydrogens is 260 g/mol. The molecule has 1 unspecified atom stereocenters. The van der Waals surface area contributed by atoms with Crippen LogP contribution in [0.15, 0.2) is 29.4 Å². The first kappa shape index (κ1) is 12.1. The number of anilines is 1. The molecule has 2 rings (SSSR count). The van der Waals surface area contributed by atoms with Gasteiger partial charge in [-0.1, -0.05) is 11.6 Å². The maximum absolute atomic E-state index is 12.1.